The molecule has 0 atom stereocenters. The van der Waals surface area contributed by atoms with Crippen molar-refractivity contribution in [3.05, 3.63) is 16.8 Å². The van der Waals surface area contributed by atoms with E-state index in [1.807, 2.05) is 6.92 Å². The molecule has 0 aromatic carbocycles. The number of aryl methyl sites for hydroxylation is 2. The molecule has 0 aliphatic rings. The smallest absolute Gasteiger partial charge is 0.262 e. The van der Waals surface area contributed by atoms with E-state index in [2.05, 4.69) is 20.6 Å². The Labute approximate surface area is 102 Å². The van der Waals surface area contributed by atoms with E-state index < -0.39 is 0 Å². The topological polar surface area (TPSA) is 98.7 Å². The number of amides is 1. The van der Waals surface area contributed by atoms with Gasteiger partial charge in [0.2, 0.25) is 5.13 Å². The molecule has 0 saturated heterocycles. The fourth-order valence-corrected chi connectivity index (χ4v) is 1.91. The van der Waals surface area contributed by atoms with Crippen molar-refractivity contribution in [2.45, 2.75) is 13.3 Å². The highest BCUT2D eigenvalue weighted by Crippen LogP contribution is 2.17. The van der Waals surface area contributed by atoms with E-state index in [1.165, 1.54) is 22.2 Å². The number of nitrogens with zero attached hydrogens (tertiary/aromatic N) is 4. The molecule has 2 aromatic heterocycles. The van der Waals surface area contributed by atoms with E-state index in [0.29, 0.717) is 16.5 Å². The number of nitrogens with one attached hydrogen (secondary N) is 1. The third-order valence-electron chi connectivity index (χ3n) is 2.22. The molecule has 7 nitrogen and oxygen atoms in total. The third kappa shape index (κ3) is 2.26. The predicted molar refractivity (Wildman–Crippen MR) is 64.9 cm³/mol. The lowest BCUT2D eigenvalue weighted by Gasteiger charge is -1.99. The number of carbonyl (C=O) groups is 1. The van der Waals surface area contributed by atoms with Crippen LogP contribution in [-0.2, 0) is 13.5 Å². The lowest BCUT2D eigenvalue weighted by Crippen LogP contribution is -2.13. The van der Waals surface area contributed by atoms with Crippen molar-refractivity contribution in [1.82, 2.24) is 20.0 Å². The molecule has 0 radical (unpaired) electrons. The molecule has 0 fully saturated rings. The van der Waals surface area contributed by atoms with Crippen LogP contribution in [-0.4, -0.2) is 25.9 Å². The zero-order valence-corrected chi connectivity index (χ0v) is 10.3. The van der Waals surface area contributed by atoms with Crippen LogP contribution in [0, 0.1) is 0 Å². The normalized spacial score (nSPS) is 10.5. The Kier molecular flexibility index (Phi) is 3.05. The van der Waals surface area contributed by atoms with Gasteiger partial charge in [-0.2, -0.15) is 5.10 Å². The van der Waals surface area contributed by atoms with Crippen LogP contribution in [0.5, 0.6) is 0 Å². The van der Waals surface area contributed by atoms with Gasteiger partial charge < -0.3 is 5.73 Å². The van der Waals surface area contributed by atoms with Gasteiger partial charge in [0.1, 0.15) is 16.4 Å². The van der Waals surface area contributed by atoms with Crippen LogP contribution in [0.3, 0.4) is 0 Å². The number of aromatic nitrogens is 4. The molecular weight excluding hydrogens is 240 g/mol. The molecule has 2 heterocycles. The third-order valence-corrected chi connectivity index (χ3v) is 3.20. The summed E-state index contributed by atoms with van der Waals surface area (Å²) in [5.74, 6) is -0.00265. The second-order valence-corrected chi connectivity index (χ2v) is 4.44. The summed E-state index contributed by atoms with van der Waals surface area (Å²) >= 11 is 1.35. The highest BCUT2D eigenvalue weighted by atomic mass is 32.1. The summed E-state index contributed by atoms with van der Waals surface area (Å²) in [5, 5.41) is 15.6. The van der Waals surface area contributed by atoms with Gasteiger partial charge >= 0.3 is 0 Å². The summed E-state index contributed by atoms with van der Waals surface area (Å²) in [6.45, 7) is 1.98. The maximum atomic E-state index is 11.8. The maximum absolute atomic E-state index is 11.8. The number of rotatable bonds is 3. The Morgan fingerprint density at radius 3 is 2.88 bits per heavy atom. The first-order valence-corrected chi connectivity index (χ1v) is 5.84. The molecule has 0 saturated carbocycles. The molecule has 0 aliphatic heterocycles. The highest BCUT2D eigenvalue weighted by Gasteiger charge is 2.15. The van der Waals surface area contributed by atoms with E-state index in [9.17, 15) is 4.79 Å². The average Bonchev–Trinajstić information content (AvgIpc) is 2.88. The molecule has 0 spiro atoms. The van der Waals surface area contributed by atoms with Gasteiger partial charge in [0, 0.05) is 7.05 Å². The van der Waals surface area contributed by atoms with Crippen molar-refractivity contribution < 1.29 is 4.79 Å². The molecule has 2 aromatic rings. The van der Waals surface area contributed by atoms with Gasteiger partial charge in [-0.25, -0.2) is 0 Å². The molecule has 8 heteroatoms. The summed E-state index contributed by atoms with van der Waals surface area (Å²) in [6, 6.07) is 0. The quantitative estimate of drug-likeness (QED) is 0.836. The van der Waals surface area contributed by atoms with Gasteiger partial charge in [-0.1, -0.05) is 18.3 Å². The Hall–Kier alpha value is -1.96. The summed E-state index contributed by atoms with van der Waals surface area (Å²) in [5.41, 5.74) is 6.03. The first-order chi connectivity index (χ1) is 8.11. The first-order valence-electron chi connectivity index (χ1n) is 5.03. The summed E-state index contributed by atoms with van der Waals surface area (Å²) in [7, 11) is 1.67. The second kappa shape index (κ2) is 4.50. The Balaban J connectivity index is 2.14. The van der Waals surface area contributed by atoms with Gasteiger partial charge in [-0.05, 0) is 6.42 Å². The number of nitrogen functional groups attached to an aromatic ring is 1. The van der Waals surface area contributed by atoms with Crippen LogP contribution in [0.25, 0.3) is 0 Å². The Morgan fingerprint density at radius 1 is 1.59 bits per heavy atom. The number of hydrogen-bond acceptors (Lipinski definition) is 6. The van der Waals surface area contributed by atoms with Crippen LogP contribution in [0.15, 0.2) is 6.20 Å². The number of hydrogen-bond donors (Lipinski definition) is 2. The van der Waals surface area contributed by atoms with Gasteiger partial charge in [0.15, 0.2) is 0 Å². The molecule has 3 N–H and O–H groups in total. The Morgan fingerprint density at radius 2 is 2.35 bits per heavy atom. The van der Waals surface area contributed by atoms with E-state index in [4.69, 9.17) is 5.73 Å². The van der Waals surface area contributed by atoms with Crippen LogP contribution < -0.4 is 11.1 Å². The van der Waals surface area contributed by atoms with Crippen molar-refractivity contribution in [2.24, 2.45) is 7.05 Å². The molecule has 17 heavy (non-hydrogen) atoms. The van der Waals surface area contributed by atoms with Crippen LogP contribution in [0.2, 0.25) is 0 Å². The molecule has 1 amide bonds. The zero-order chi connectivity index (χ0) is 12.4. The van der Waals surface area contributed by atoms with Gasteiger partial charge in [-0.15, -0.1) is 10.2 Å². The molecule has 2 rings (SSSR count). The van der Waals surface area contributed by atoms with Crippen molar-refractivity contribution in [3.63, 3.8) is 0 Å². The lowest BCUT2D eigenvalue weighted by molar-refractivity contribution is 0.102. The molecule has 90 valence electrons. The zero-order valence-electron chi connectivity index (χ0n) is 9.47. The van der Waals surface area contributed by atoms with Crippen molar-refractivity contribution in [1.29, 1.82) is 0 Å². The fraction of sp³-hybridized carbons (Fsp3) is 0.333. The molecular formula is C9H12N6OS. The SMILES string of the molecule is CCc1nnc(NC(=O)c2cnn(C)c2N)s1. The Bertz CT molecular complexity index is 545. The summed E-state index contributed by atoms with van der Waals surface area (Å²) in [6.07, 6.45) is 2.22. The molecule has 0 bridgehead atoms. The number of anilines is 2. The minimum Gasteiger partial charge on any atom is -0.383 e. The van der Waals surface area contributed by atoms with Crippen molar-refractivity contribution >= 4 is 28.2 Å². The minimum atomic E-state index is -0.325. The first kappa shape index (κ1) is 11.5. The highest BCUT2D eigenvalue weighted by molar-refractivity contribution is 7.15. The van der Waals surface area contributed by atoms with Gasteiger partial charge in [-0.3, -0.25) is 14.8 Å². The van der Waals surface area contributed by atoms with Crippen LogP contribution in [0.4, 0.5) is 10.9 Å². The largest absolute Gasteiger partial charge is 0.383 e. The maximum Gasteiger partial charge on any atom is 0.262 e. The van der Waals surface area contributed by atoms with E-state index >= 15 is 0 Å². The average molecular weight is 252 g/mol. The number of nitrogens with two attached hydrogens (primary N) is 1. The molecule has 0 aliphatic carbocycles. The van der Waals surface area contributed by atoms with E-state index in [0.717, 1.165) is 11.4 Å². The minimum absolute atomic E-state index is 0.322. The molecule has 0 unspecified atom stereocenters. The van der Waals surface area contributed by atoms with Crippen LogP contribution in [0.1, 0.15) is 22.3 Å². The standard InChI is InChI=1S/C9H12N6OS/c1-3-6-13-14-9(17-6)12-8(16)5-4-11-15(2)7(5)10/h4H,3,10H2,1-2H3,(H,12,14,16). The lowest BCUT2D eigenvalue weighted by atomic mass is 10.3. The van der Waals surface area contributed by atoms with Gasteiger partial charge in [0.25, 0.3) is 5.91 Å². The predicted octanol–water partition coefficient (Wildman–Crippen LogP) is 0.668. The second-order valence-electron chi connectivity index (χ2n) is 3.38. The number of carbonyl (C=O) groups excluding carboxylic acids is 1. The van der Waals surface area contributed by atoms with Gasteiger partial charge in [0.05, 0.1) is 6.20 Å². The van der Waals surface area contributed by atoms with Crippen LogP contribution >= 0.6 is 11.3 Å². The summed E-state index contributed by atoms with van der Waals surface area (Å²) in [4.78, 5) is 11.8. The summed E-state index contributed by atoms with van der Waals surface area (Å²) < 4.78 is 1.44. The monoisotopic (exact) mass is 252 g/mol. The van der Waals surface area contributed by atoms with Crippen molar-refractivity contribution in [2.75, 3.05) is 11.1 Å². The van der Waals surface area contributed by atoms with E-state index in [1.54, 1.807) is 7.05 Å². The van der Waals surface area contributed by atoms with E-state index in [-0.39, 0.29) is 5.91 Å². The fourth-order valence-electron chi connectivity index (χ4n) is 1.23. The van der Waals surface area contributed by atoms with Crippen molar-refractivity contribution in [3.8, 4) is 0 Å².